The first-order valence-electron chi connectivity index (χ1n) is 13.2. The second kappa shape index (κ2) is 10.9. The summed E-state index contributed by atoms with van der Waals surface area (Å²) in [5.41, 5.74) is 6.58. The second-order valence-corrected chi connectivity index (χ2v) is 10.4. The Hall–Kier alpha value is -5.13. The van der Waals surface area contributed by atoms with E-state index in [0.717, 1.165) is 11.1 Å². The SMILES string of the molecule is Cc1cc(C(C)Nc2ccccc2C(=O)OC(=O)C(F)(F)F)c2oc(N3CC(C(N)=O)(c4ccccc4)C3)cc(=O)c2c1. The number of hydrogen-bond acceptors (Lipinski definition) is 8. The lowest BCUT2D eigenvalue weighted by Crippen LogP contribution is -2.65. The van der Waals surface area contributed by atoms with Gasteiger partial charge in [-0.15, -0.1) is 0 Å². The summed E-state index contributed by atoms with van der Waals surface area (Å²) in [5.74, 6) is -4.37. The summed E-state index contributed by atoms with van der Waals surface area (Å²) >= 11 is 0. The number of carbonyl (C=O) groups excluding carboxylic acids is 3. The first kappa shape index (κ1) is 29.4. The van der Waals surface area contributed by atoms with E-state index in [0.29, 0.717) is 10.9 Å². The highest BCUT2D eigenvalue weighted by atomic mass is 19.4. The molecular weight excluding hydrogens is 567 g/mol. The molecule has 1 amide bonds. The topological polar surface area (TPSA) is 132 Å². The Labute approximate surface area is 243 Å². The summed E-state index contributed by atoms with van der Waals surface area (Å²) in [6.45, 7) is 3.89. The molecule has 5 rings (SSSR count). The van der Waals surface area contributed by atoms with E-state index in [1.807, 2.05) is 30.3 Å². The lowest BCUT2D eigenvalue weighted by atomic mass is 9.73. The van der Waals surface area contributed by atoms with Crippen molar-refractivity contribution in [2.75, 3.05) is 23.3 Å². The van der Waals surface area contributed by atoms with Gasteiger partial charge in [0.05, 0.1) is 17.0 Å². The molecule has 2 heterocycles. The second-order valence-electron chi connectivity index (χ2n) is 10.4. The summed E-state index contributed by atoms with van der Waals surface area (Å²) in [7, 11) is 0. The van der Waals surface area contributed by atoms with Crippen molar-refractivity contribution < 1.29 is 36.7 Å². The minimum atomic E-state index is -5.34. The van der Waals surface area contributed by atoms with Gasteiger partial charge in [0.1, 0.15) is 11.0 Å². The van der Waals surface area contributed by atoms with E-state index in [2.05, 4.69) is 10.1 Å². The summed E-state index contributed by atoms with van der Waals surface area (Å²) in [5, 5.41) is 3.35. The van der Waals surface area contributed by atoms with Gasteiger partial charge in [0.15, 0.2) is 11.3 Å². The van der Waals surface area contributed by atoms with Crippen LogP contribution < -0.4 is 21.4 Å². The number of nitrogens with zero attached hydrogens (tertiary/aromatic N) is 1. The third-order valence-electron chi connectivity index (χ3n) is 7.42. The van der Waals surface area contributed by atoms with Crippen molar-refractivity contribution in [3.05, 3.63) is 105 Å². The number of para-hydroxylation sites is 1. The number of aryl methyl sites for hydroxylation is 1. The molecule has 1 aliphatic rings. The molecule has 0 spiro atoms. The fourth-order valence-corrected chi connectivity index (χ4v) is 5.19. The van der Waals surface area contributed by atoms with Crippen LogP contribution in [-0.2, 0) is 19.7 Å². The molecule has 0 radical (unpaired) electrons. The molecule has 1 unspecified atom stereocenters. The molecule has 1 saturated heterocycles. The molecule has 0 bridgehead atoms. The summed E-state index contributed by atoms with van der Waals surface area (Å²) < 4.78 is 48.2. The van der Waals surface area contributed by atoms with Gasteiger partial charge in [0.2, 0.25) is 5.91 Å². The van der Waals surface area contributed by atoms with Crippen LogP contribution >= 0.6 is 0 Å². The fourth-order valence-electron chi connectivity index (χ4n) is 5.19. The zero-order chi connectivity index (χ0) is 31.1. The van der Waals surface area contributed by atoms with E-state index in [1.165, 1.54) is 24.3 Å². The Morgan fingerprint density at radius 3 is 2.33 bits per heavy atom. The molecule has 3 N–H and O–H groups in total. The predicted octanol–water partition coefficient (Wildman–Crippen LogP) is 4.76. The number of benzene rings is 3. The Balaban J connectivity index is 1.47. The van der Waals surface area contributed by atoms with Crippen molar-refractivity contribution in [2.45, 2.75) is 31.5 Å². The highest BCUT2D eigenvalue weighted by Gasteiger charge is 2.50. The average molecular weight is 594 g/mol. The highest BCUT2D eigenvalue weighted by Crippen LogP contribution is 2.39. The van der Waals surface area contributed by atoms with E-state index < -0.39 is 35.5 Å². The smallest absolute Gasteiger partial charge is 0.440 e. The molecule has 1 atom stereocenters. The Bertz CT molecular complexity index is 1800. The third-order valence-corrected chi connectivity index (χ3v) is 7.42. The van der Waals surface area contributed by atoms with Gasteiger partial charge in [-0.3, -0.25) is 9.59 Å². The number of amides is 1. The Morgan fingerprint density at radius 1 is 1.02 bits per heavy atom. The van der Waals surface area contributed by atoms with Gasteiger partial charge in [0.25, 0.3) is 0 Å². The molecule has 1 fully saturated rings. The Morgan fingerprint density at radius 2 is 1.67 bits per heavy atom. The zero-order valence-corrected chi connectivity index (χ0v) is 23.0. The van der Waals surface area contributed by atoms with Crippen molar-refractivity contribution in [3.8, 4) is 0 Å². The van der Waals surface area contributed by atoms with Crippen LogP contribution in [0, 0.1) is 6.92 Å². The number of halogens is 3. The number of anilines is 2. The number of primary amides is 1. The number of fused-ring (bicyclic) bond motifs is 1. The fraction of sp³-hybridized carbons (Fsp3) is 0.226. The number of rotatable bonds is 7. The van der Waals surface area contributed by atoms with Gasteiger partial charge in [-0.1, -0.05) is 48.5 Å². The number of esters is 2. The molecule has 4 aromatic rings. The van der Waals surface area contributed by atoms with Gasteiger partial charge in [-0.2, -0.15) is 13.2 Å². The number of hydrogen-bond donors (Lipinski definition) is 2. The lowest BCUT2D eigenvalue weighted by Gasteiger charge is -2.48. The standard InChI is InChI=1S/C31H26F3N3O6/c1-17-12-21(18(2)36-23-11-7-6-10-20(23)27(39)43-29(41)31(32,33)34)26-22(13-17)24(38)14-25(42-26)37-15-30(16-37,28(35)40)19-8-4-3-5-9-19/h3-14,18,36H,15-16H2,1-2H3,(H2,35,40). The van der Waals surface area contributed by atoms with Crippen molar-refractivity contribution >= 4 is 40.4 Å². The van der Waals surface area contributed by atoms with Crippen molar-refractivity contribution in [3.63, 3.8) is 0 Å². The predicted molar refractivity (Wildman–Crippen MR) is 152 cm³/mol. The monoisotopic (exact) mass is 593 g/mol. The van der Waals surface area contributed by atoms with E-state index in [9.17, 15) is 32.3 Å². The normalized spacial score (nSPS) is 15.0. The average Bonchev–Trinajstić information content (AvgIpc) is 2.92. The van der Waals surface area contributed by atoms with Gasteiger partial charge in [0, 0.05) is 30.4 Å². The van der Waals surface area contributed by atoms with Crippen LogP contribution in [-0.4, -0.2) is 37.1 Å². The van der Waals surface area contributed by atoms with Crippen LogP contribution in [0.4, 0.5) is 24.7 Å². The quantitative estimate of drug-likeness (QED) is 0.232. The number of ether oxygens (including phenoxy) is 1. The maximum absolute atomic E-state index is 13.2. The molecule has 222 valence electrons. The van der Waals surface area contributed by atoms with Crippen LogP contribution in [0.2, 0.25) is 0 Å². The van der Waals surface area contributed by atoms with Crippen LogP contribution in [0.25, 0.3) is 11.0 Å². The molecule has 1 aliphatic heterocycles. The third kappa shape index (κ3) is 5.55. The minimum Gasteiger partial charge on any atom is -0.440 e. The first-order valence-corrected chi connectivity index (χ1v) is 13.2. The van der Waals surface area contributed by atoms with E-state index in [-0.39, 0.29) is 41.2 Å². The minimum absolute atomic E-state index is 0.0972. The van der Waals surface area contributed by atoms with E-state index in [4.69, 9.17) is 10.2 Å². The summed E-state index contributed by atoms with van der Waals surface area (Å²) in [4.78, 5) is 51.1. The van der Waals surface area contributed by atoms with Crippen LogP contribution in [0.1, 0.15) is 40.0 Å². The van der Waals surface area contributed by atoms with Crippen LogP contribution in [0.5, 0.6) is 0 Å². The van der Waals surface area contributed by atoms with Crippen LogP contribution in [0.3, 0.4) is 0 Å². The van der Waals surface area contributed by atoms with Gasteiger partial charge in [-0.25, -0.2) is 9.59 Å². The van der Waals surface area contributed by atoms with Gasteiger partial charge < -0.3 is 25.1 Å². The van der Waals surface area contributed by atoms with Crippen molar-refractivity contribution in [1.29, 1.82) is 0 Å². The van der Waals surface area contributed by atoms with Crippen LogP contribution in [0.15, 0.2) is 82.0 Å². The maximum atomic E-state index is 13.2. The highest BCUT2D eigenvalue weighted by molar-refractivity contribution is 6.02. The number of carbonyl (C=O) groups is 3. The van der Waals surface area contributed by atoms with Crippen molar-refractivity contribution in [2.24, 2.45) is 5.73 Å². The molecule has 43 heavy (non-hydrogen) atoms. The maximum Gasteiger partial charge on any atom is 0.491 e. The molecular formula is C31H26F3N3O6. The van der Waals surface area contributed by atoms with E-state index >= 15 is 0 Å². The number of nitrogens with one attached hydrogen (secondary N) is 1. The molecule has 0 saturated carbocycles. The molecule has 3 aromatic carbocycles. The van der Waals surface area contributed by atoms with Crippen molar-refractivity contribution in [1.82, 2.24) is 0 Å². The number of nitrogens with two attached hydrogens (primary N) is 1. The molecule has 12 heteroatoms. The summed E-state index contributed by atoms with van der Waals surface area (Å²) in [6.07, 6.45) is -5.34. The lowest BCUT2D eigenvalue weighted by molar-refractivity contribution is -0.193. The van der Waals surface area contributed by atoms with E-state index in [1.54, 1.807) is 36.9 Å². The number of alkyl halides is 3. The molecule has 1 aromatic heterocycles. The Kier molecular flexibility index (Phi) is 7.47. The molecule has 0 aliphatic carbocycles. The van der Waals surface area contributed by atoms with Gasteiger partial charge >= 0.3 is 18.1 Å². The zero-order valence-electron chi connectivity index (χ0n) is 23.0. The molecule has 9 nitrogen and oxygen atoms in total. The largest absolute Gasteiger partial charge is 0.491 e. The summed E-state index contributed by atoms with van der Waals surface area (Å²) in [6, 6.07) is 18.9. The van der Waals surface area contributed by atoms with Gasteiger partial charge in [-0.05, 0) is 43.2 Å². The first-order chi connectivity index (χ1) is 20.3.